The van der Waals surface area contributed by atoms with Crippen molar-refractivity contribution in [1.29, 1.82) is 0 Å². The largest absolute Gasteiger partial charge is 0.373 e. The van der Waals surface area contributed by atoms with Crippen molar-refractivity contribution in [3.05, 3.63) is 34.1 Å². The minimum Gasteiger partial charge on any atom is -0.373 e. The van der Waals surface area contributed by atoms with Gasteiger partial charge < -0.3 is 10.1 Å². The zero-order valence-corrected chi connectivity index (χ0v) is 12.2. The number of ether oxygens (including phenoxy) is 1. The van der Waals surface area contributed by atoms with Crippen molar-refractivity contribution in [1.82, 2.24) is 5.32 Å². The molecule has 2 unspecified atom stereocenters. The summed E-state index contributed by atoms with van der Waals surface area (Å²) in [5, 5.41) is 3.42. The van der Waals surface area contributed by atoms with Crippen molar-refractivity contribution < 1.29 is 9.13 Å². The summed E-state index contributed by atoms with van der Waals surface area (Å²) in [6.45, 7) is 4.86. The van der Waals surface area contributed by atoms with Crippen LogP contribution in [-0.2, 0) is 4.74 Å². The van der Waals surface area contributed by atoms with Crippen molar-refractivity contribution in [3.63, 3.8) is 0 Å². The quantitative estimate of drug-likeness (QED) is 0.837. The molecule has 1 aliphatic heterocycles. The Labute approximate surface area is 116 Å². The molecule has 0 amide bonds. The van der Waals surface area contributed by atoms with E-state index >= 15 is 0 Å². The topological polar surface area (TPSA) is 21.3 Å². The molecule has 0 spiro atoms. The number of halogens is 2. The van der Waals surface area contributed by atoms with E-state index in [2.05, 4.69) is 28.2 Å². The number of rotatable bonds is 5. The van der Waals surface area contributed by atoms with Crippen LogP contribution in [0.4, 0.5) is 4.39 Å². The fourth-order valence-electron chi connectivity index (χ4n) is 2.38. The van der Waals surface area contributed by atoms with Gasteiger partial charge in [0.05, 0.1) is 6.10 Å². The van der Waals surface area contributed by atoms with Crippen LogP contribution in [0.5, 0.6) is 0 Å². The Bertz CT molecular complexity index is 399. The molecule has 100 valence electrons. The molecular weight excluding hydrogens is 297 g/mol. The maximum absolute atomic E-state index is 13.3. The van der Waals surface area contributed by atoms with E-state index < -0.39 is 0 Å². The zero-order chi connectivity index (χ0) is 13.0. The fraction of sp³-hybridized carbons (Fsp3) is 0.571. The van der Waals surface area contributed by atoms with E-state index in [1.54, 1.807) is 12.1 Å². The summed E-state index contributed by atoms with van der Waals surface area (Å²) in [4.78, 5) is 0. The molecule has 0 bridgehead atoms. The first kappa shape index (κ1) is 14.0. The van der Waals surface area contributed by atoms with Crippen molar-refractivity contribution in [2.24, 2.45) is 5.92 Å². The third-order valence-electron chi connectivity index (χ3n) is 3.31. The lowest BCUT2D eigenvalue weighted by molar-refractivity contribution is 0.0897. The number of benzene rings is 1. The van der Waals surface area contributed by atoms with E-state index in [9.17, 15) is 4.39 Å². The molecule has 0 aromatic heterocycles. The van der Waals surface area contributed by atoms with Gasteiger partial charge >= 0.3 is 0 Å². The second-order valence-electron chi connectivity index (χ2n) is 4.71. The van der Waals surface area contributed by atoms with Crippen molar-refractivity contribution >= 4 is 15.9 Å². The fourth-order valence-corrected chi connectivity index (χ4v) is 2.86. The van der Waals surface area contributed by atoms with Crippen LogP contribution in [-0.4, -0.2) is 19.7 Å². The molecule has 2 rings (SSSR count). The minimum absolute atomic E-state index is 0.000527. The first-order valence-electron chi connectivity index (χ1n) is 6.49. The smallest absolute Gasteiger partial charge is 0.123 e. The maximum atomic E-state index is 13.3. The summed E-state index contributed by atoms with van der Waals surface area (Å²) < 4.78 is 20.1. The first-order valence-corrected chi connectivity index (χ1v) is 7.29. The molecule has 1 saturated heterocycles. The maximum Gasteiger partial charge on any atom is 0.123 e. The summed E-state index contributed by atoms with van der Waals surface area (Å²) in [7, 11) is 0. The number of hydrogen-bond donors (Lipinski definition) is 1. The summed E-state index contributed by atoms with van der Waals surface area (Å²) in [5.41, 5.74) is 0.927. The van der Waals surface area contributed by atoms with Gasteiger partial charge in [0.25, 0.3) is 0 Å². The van der Waals surface area contributed by atoms with E-state index in [4.69, 9.17) is 4.74 Å². The van der Waals surface area contributed by atoms with Gasteiger partial charge in [-0.15, -0.1) is 0 Å². The zero-order valence-electron chi connectivity index (χ0n) is 10.6. The average Bonchev–Trinajstić information content (AvgIpc) is 2.81. The molecule has 1 heterocycles. The molecule has 4 heteroatoms. The van der Waals surface area contributed by atoms with E-state index in [1.807, 2.05) is 0 Å². The molecular formula is C14H19BrFNO. The highest BCUT2D eigenvalue weighted by atomic mass is 79.9. The van der Waals surface area contributed by atoms with Crippen LogP contribution in [0.2, 0.25) is 0 Å². The molecule has 1 fully saturated rings. The van der Waals surface area contributed by atoms with Gasteiger partial charge in [-0.3, -0.25) is 0 Å². The highest BCUT2D eigenvalue weighted by Crippen LogP contribution is 2.37. The lowest BCUT2D eigenvalue weighted by atomic mass is 9.95. The van der Waals surface area contributed by atoms with Gasteiger partial charge in [-0.05, 0) is 43.1 Å². The minimum atomic E-state index is -0.205. The van der Waals surface area contributed by atoms with E-state index in [0.717, 1.165) is 42.6 Å². The van der Waals surface area contributed by atoms with Crippen molar-refractivity contribution in [2.45, 2.75) is 25.9 Å². The van der Waals surface area contributed by atoms with Gasteiger partial charge in [-0.2, -0.15) is 0 Å². The first-order chi connectivity index (χ1) is 8.72. The Hall–Kier alpha value is -0.450. The van der Waals surface area contributed by atoms with Crippen LogP contribution >= 0.6 is 15.9 Å². The monoisotopic (exact) mass is 315 g/mol. The van der Waals surface area contributed by atoms with Gasteiger partial charge in [0.15, 0.2) is 0 Å². The SMILES string of the molecule is CCCNCC1CCOC1c1cc(F)ccc1Br. The van der Waals surface area contributed by atoms with Gasteiger partial charge in [0.1, 0.15) is 5.82 Å². The normalized spacial score (nSPS) is 23.5. The molecule has 1 aromatic carbocycles. The van der Waals surface area contributed by atoms with Crippen molar-refractivity contribution in [3.8, 4) is 0 Å². The Balaban J connectivity index is 2.08. The molecule has 18 heavy (non-hydrogen) atoms. The van der Waals surface area contributed by atoms with Crippen molar-refractivity contribution in [2.75, 3.05) is 19.7 Å². The highest BCUT2D eigenvalue weighted by Gasteiger charge is 2.30. The second kappa shape index (κ2) is 6.64. The molecule has 1 aromatic rings. The van der Waals surface area contributed by atoms with Gasteiger partial charge in [0.2, 0.25) is 0 Å². The third kappa shape index (κ3) is 3.31. The lowest BCUT2D eigenvalue weighted by Gasteiger charge is -2.20. The van der Waals surface area contributed by atoms with Crippen LogP contribution in [0, 0.1) is 11.7 Å². The molecule has 1 N–H and O–H groups in total. The van der Waals surface area contributed by atoms with Gasteiger partial charge in [-0.25, -0.2) is 4.39 Å². The standard InChI is InChI=1S/C14H19BrFNO/c1-2-6-17-9-10-5-7-18-14(10)12-8-11(16)3-4-13(12)15/h3-4,8,10,14,17H,2,5-7,9H2,1H3. The average molecular weight is 316 g/mol. The van der Waals surface area contributed by atoms with E-state index in [-0.39, 0.29) is 11.9 Å². The van der Waals surface area contributed by atoms with Crippen LogP contribution < -0.4 is 5.32 Å². The predicted octanol–water partition coefficient (Wildman–Crippen LogP) is 3.67. The molecule has 0 radical (unpaired) electrons. The third-order valence-corrected chi connectivity index (χ3v) is 4.03. The predicted molar refractivity (Wildman–Crippen MR) is 74.1 cm³/mol. The van der Waals surface area contributed by atoms with Gasteiger partial charge in [0, 0.05) is 23.5 Å². The van der Waals surface area contributed by atoms with Crippen LogP contribution in [0.3, 0.4) is 0 Å². The highest BCUT2D eigenvalue weighted by molar-refractivity contribution is 9.10. The summed E-state index contributed by atoms with van der Waals surface area (Å²) in [5.74, 6) is 0.221. The Morgan fingerprint density at radius 1 is 1.50 bits per heavy atom. The van der Waals surface area contributed by atoms with E-state index in [1.165, 1.54) is 6.07 Å². The second-order valence-corrected chi connectivity index (χ2v) is 5.56. The van der Waals surface area contributed by atoms with Gasteiger partial charge in [-0.1, -0.05) is 22.9 Å². The Morgan fingerprint density at radius 2 is 2.33 bits per heavy atom. The van der Waals surface area contributed by atoms with Crippen LogP contribution in [0.25, 0.3) is 0 Å². The lowest BCUT2D eigenvalue weighted by Crippen LogP contribution is -2.25. The molecule has 2 atom stereocenters. The number of hydrogen-bond acceptors (Lipinski definition) is 2. The molecule has 0 saturated carbocycles. The number of nitrogens with one attached hydrogen (secondary N) is 1. The Morgan fingerprint density at radius 3 is 3.11 bits per heavy atom. The molecule has 2 nitrogen and oxygen atoms in total. The molecule has 1 aliphatic rings. The Kier molecular flexibility index (Phi) is 5.15. The van der Waals surface area contributed by atoms with E-state index in [0.29, 0.717) is 5.92 Å². The van der Waals surface area contributed by atoms with Crippen LogP contribution in [0.15, 0.2) is 22.7 Å². The summed E-state index contributed by atoms with van der Waals surface area (Å²) in [6.07, 6.45) is 2.16. The molecule has 0 aliphatic carbocycles. The summed E-state index contributed by atoms with van der Waals surface area (Å²) >= 11 is 3.48. The van der Waals surface area contributed by atoms with Crippen LogP contribution in [0.1, 0.15) is 31.4 Å². The summed E-state index contributed by atoms with van der Waals surface area (Å²) in [6, 6.07) is 4.79.